The number of aromatic nitrogens is 1. The van der Waals surface area contributed by atoms with E-state index < -0.39 is 23.4 Å². The lowest BCUT2D eigenvalue weighted by Crippen LogP contribution is -2.05. The molecule has 0 aliphatic heterocycles. The molecule has 9 heteroatoms. The molecule has 2 aromatic heterocycles. The van der Waals surface area contributed by atoms with Crippen molar-refractivity contribution in [2.75, 3.05) is 0 Å². The number of aromatic carboxylic acids is 1. The van der Waals surface area contributed by atoms with Gasteiger partial charge in [-0.25, -0.2) is 13.6 Å². The van der Waals surface area contributed by atoms with Gasteiger partial charge in [0.15, 0.2) is 17.4 Å². The topological polar surface area (TPSA) is 85.4 Å². The molecule has 26 heavy (non-hydrogen) atoms. The van der Waals surface area contributed by atoms with Crippen LogP contribution in [0, 0.1) is 11.6 Å². The van der Waals surface area contributed by atoms with Gasteiger partial charge in [0.1, 0.15) is 11.5 Å². The normalized spacial score (nSPS) is 10.9. The first-order chi connectivity index (χ1) is 12.3. The fourth-order valence-electron chi connectivity index (χ4n) is 2.41. The van der Waals surface area contributed by atoms with Crippen molar-refractivity contribution in [1.82, 2.24) is 4.98 Å². The fraction of sp³-hybridized carbons (Fsp3) is 0.0588. The summed E-state index contributed by atoms with van der Waals surface area (Å²) in [6.07, 6.45) is 2.82. The number of carbonyl (C=O) groups is 1. The Kier molecular flexibility index (Phi) is 4.80. The summed E-state index contributed by atoms with van der Waals surface area (Å²) in [5.74, 6) is -3.79. The second-order valence-electron chi connectivity index (χ2n) is 5.29. The smallest absolute Gasteiger partial charge is 0.346 e. The van der Waals surface area contributed by atoms with E-state index in [9.17, 15) is 18.7 Å². The zero-order valence-electron chi connectivity index (χ0n) is 13.1. The van der Waals surface area contributed by atoms with E-state index >= 15 is 0 Å². The predicted octanol–water partition coefficient (Wildman–Crippen LogP) is 4.43. The standard InChI is InChI=1S/C17H11ClF2N2O3S/c1-7(21)8-2-11(19)15(12(20)3-8)25-6-9-14-10(18)4-22-5-13(14)26-16(9)17(23)24/h2-5H,1,6,21H2,(H,23,24). The molecule has 0 radical (unpaired) electrons. The molecule has 0 atom stereocenters. The third-order valence-corrected chi connectivity index (χ3v) is 5.02. The summed E-state index contributed by atoms with van der Waals surface area (Å²) < 4.78 is 34.1. The molecule has 3 aromatic rings. The van der Waals surface area contributed by atoms with Crippen molar-refractivity contribution >= 4 is 44.7 Å². The lowest BCUT2D eigenvalue weighted by molar-refractivity contribution is 0.0699. The van der Waals surface area contributed by atoms with Gasteiger partial charge in [-0.1, -0.05) is 18.2 Å². The molecule has 0 saturated heterocycles. The van der Waals surface area contributed by atoms with Crippen LogP contribution in [-0.2, 0) is 6.61 Å². The molecule has 0 spiro atoms. The van der Waals surface area contributed by atoms with Crippen LogP contribution in [0.15, 0.2) is 31.1 Å². The van der Waals surface area contributed by atoms with Crippen LogP contribution in [0.1, 0.15) is 20.8 Å². The van der Waals surface area contributed by atoms with Gasteiger partial charge in [0, 0.05) is 34.6 Å². The molecule has 0 amide bonds. The number of nitrogens with two attached hydrogens (primary N) is 1. The van der Waals surface area contributed by atoms with Crippen molar-refractivity contribution in [2.24, 2.45) is 5.73 Å². The van der Waals surface area contributed by atoms with E-state index in [-0.39, 0.29) is 33.3 Å². The van der Waals surface area contributed by atoms with Gasteiger partial charge in [0.25, 0.3) is 0 Å². The average molecular weight is 397 g/mol. The minimum Gasteiger partial charge on any atom is -0.483 e. The van der Waals surface area contributed by atoms with E-state index in [0.717, 1.165) is 23.5 Å². The van der Waals surface area contributed by atoms with Crippen LogP contribution in [0.2, 0.25) is 5.02 Å². The molecule has 0 bridgehead atoms. The maximum atomic E-state index is 14.1. The molecule has 5 nitrogen and oxygen atoms in total. The van der Waals surface area contributed by atoms with Crippen molar-refractivity contribution in [3.05, 3.63) is 63.8 Å². The van der Waals surface area contributed by atoms with E-state index in [0.29, 0.717) is 10.1 Å². The summed E-state index contributed by atoms with van der Waals surface area (Å²) >= 11 is 7.06. The van der Waals surface area contributed by atoms with Crippen LogP contribution in [0.25, 0.3) is 15.8 Å². The highest BCUT2D eigenvalue weighted by molar-refractivity contribution is 7.21. The first kappa shape index (κ1) is 18.1. The number of nitrogens with zero attached hydrogens (tertiary/aromatic N) is 1. The largest absolute Gasteiger partial charge is 0.483 e. The summed E-state index contributed by atoms with van der Waals surface area (Å²) in [6, 6.07) is 1.98. The minimum absolute atomic E-state index is 0.00521. The Morgan fingerprint density at radius 1 is 1.35 bits per heavy atom. The molecule has 0 unspecified atom stereocenters. The molecule has 3 rings (SSSR count). The van der Waals surface area contributed by atoms with E-state index in [2.05, 4.69) is 11.6 Å². The van der Waals surface area contributed by atoms with E-state index in [1.807, 2.05) is 0 Å². The number of benzene rings is 1. The summed E-state index contributed by atoms with van der Waals surface area (Å²) in [6.45, 7) is 3.03. The van der Waals surface area contributed by atoms with Crippen LogP contribution in [0.5, 0.6) is 5.75 Å². The summed E-state index contributed by atoms with van der Waals surface area (Å²) in [7, 11) is 0. The monoisotopic (exact) mass is 396 g/mol. The Hall–Kier alpha value is -2.71. The molecule has 0 aliphatic rings. The number of carboxylic acids is 1. The molecule has 0 fully saturated rings. The summed E-state index contributed by atoms with van der Waals surface area (Å²) in [4.78, 5) is 15.4. The van der Waals surface area contributed by atoms with E-state index in [1.165, 1.54) is 12.4 Å². The van der Waals surface area contributed by atoms with Gasteiger partial charge in [-0.3, -0.25) is 4.98 Å². The number of hydrogen-bond acceptors (Lipinski definition) is 5. The van der Waals surface area contributed by atoms with Crippen molar-refractivity contribution in [2.45, 2.75) is 6.61 Å². The quantitative estimate of drug-likeness (QED) is 0.666. The number of halogens is 3. The van der Waals surface area contributed by atoms with Crippen LogP contribution < -0.4 is 10.5 Å². The maximum absolute atomic E-state index is 14.1. The van der Waals surface area contributed by atoms with Crippen LogP contribution >= 0.6 is 22.9 Å². The number of ether oxygens (including phenoxy) is 1. The highest BCUT2D eigenvalue weighted by atomic mass is 35.5. The van der Waals surface area contributed by atoms with Crippen molar-refractivity contribution in [1.29, 1.82) is 0 Å². The van der Waals surface area contributed by atoms with Crippen LogP contribution in [0.4, 0.5) is 8.78 Å². The highest BCUT2D eigenvalue weighted by Crippen LogP contribution is 2.36. The molecule has 0 saturated carbocycles. The van der Waals surface area contributed by atoms with Gasteiger partial charge in [-0.05, 0) is 12.1 Å². The highest BCUT2D eigenvalue weighted by Gasteiger charge is 2.22. The lowest BCUT2D eigenvalue weighted by Gasteiger charge is -2.11. The third-order valence-electron chi connectivity index (χ3n) is 3.58. The van der Waals surface area contributed by atoms with Gasteiger partial charge >= 0.3 is 5.97 Å². The molecule has 3 N–H and O–H groups in total. The number of carboxylic acid groups (broad SMARTS) is 1. The van der Waals surface area contributed by atoms with Crippen molar-refractivity contribution in [3.8, 4) is 5.75 Å². The number of pyridine rings is 1. The zero-order valence-corrected chi connectivity index (χ0v) is 14.6. The Labute approximate surface area is 155 Å². The Morgan fingerprint density at radius 2 is 2.00 bits per heavy atom. The number of rotatable bonds is 5. The second-order valence-corrected chi connectivity index (χ2v) is 6.75. The predicted molar refractivity (Wildman–Crippen MR) is 95.5 cm³/mol. The van der Waals surface area contributed by atoms with Crippen molar-refractivity contribution < 1.29 is 23.4 Å². The van der Waals surface area contributed by atoms with Gasteiger partial charge in [-0.2, -0.15) is 0 Å². The maximum Gasteiger partial charge on any atom is 0.346 e. The minimum atomic E-state index is -1.20. The molecular weight excluding hydrogens is 386 g/mol. The Bertz CT molecular complexity index is 1030. The zero-order chi connectivity index (χ0) is 19.0. The molecule has 0 aliphatic carbocycles. The van der Waals surface area contributed by atoms with Gasteiger partial charge in [0.05, 0.1) is 9.72 Å². The molecular formula is C17H11ClF2N2O3S. The van der Waals surface area contributed by atoms with Gasteiger partial charge < -0.3 is 15.6 Å². The third kappa shape index (κ3) is 3.21. The van der Waals surface area contributed by atoms with E-state index in [4.69, 9.17) is 22.1 Å². The number of thiophene rings is 1. The Morgan fingerprint density at radius 3 is 2.58 bits per heavy atom. The number of hydrogen-bond donors (Lipinski definition) is 2. The van der Waals surface area contributed by atoms with Gasteiger partial charge in [0.2, 0.25) is 0 Å². The van der Waals surface area contributed by atoms with Crippen molar-refractivity contribution in [3.63, 3.8) is 0 Å². The number of fused-ring (bicyclic) bond motifs is 1. The average Bonchev–Trinajstić information content (AvgIpc) is 2.94. The Balaban J connectivity index is 2.02. The molecule has 1 aromatic carbocycles. The fourth-order valence-corrected chi connectivity index (χ4v) is 3.78. The second kappa shape index (κ2) is 6.89. The molecule has 2 heterocycles. The molecule has 134 valence electrons. The SMILES string of the molecule is C=C(N)c1cc(F)c(OCc2c(C(=O)O)sc3cncc(Cl)c23)c(F)c1. The first-order valence-electron chi connectivity index (χ1n) is 7.14. The summed E-state index contributed by atoms with van der Waals surface area (Å²) in [5.41, 5.74) is 5.75. The van der Waals surface area contributed by atoms with Crippen LogP contribution in [-0.4, -0.2) is 16.1 Å². The van der Waals surface area contributed by atoms with Crippen LogP contribution in [0.3, 0.4) is 0 Å². The summed E-state index contributed by atoms with van der Waals surface area (Å²) in [5, 5.41) is 10.0. The van der Waals surface area contributed by atoms with Gasteiger partial charge in [-0.15, -0.1) is 11.3 Å². The van der Waals surface area contributed by atoms with E-state index in [1.54, 1.807) is 0 Å². The first-order valence-corrected chi connectivity index (χ1v) is 8.33. The lowest BCUT2D eigenvalue weighted by atomic mass is 10.1.